The predicted octanol–water partition coefficient (Wildman–Crippen LogP) is 2.92. The van der Waals surface area contributed by atoms with Gasteiger partial charge in [-0.1, -0.05) is 31.2 Å². The van der Waals surface area contributed by atoms with Gasteiger partial charge in [0.15, 0.2) is 0 Å². The van der Waals surface area contributed by atoms with Gasteiger partial charge >= 0.3 is 0 Å². The van der Waals surface area contributed by atoms with E-state index in [-0.39, 0.29) is 6.61 Å². The van der Waals surface area contributed by atoms with Crippen molar-refractivity contribution < 1.29 is 5.11 Å². The Morgan fingerprint density at radius 2 is 1.71 bits per heavy atom. The third-order valence-corrected chi connectivity index (χ3v) is 4.64. The molecule has 0 radical (unpaired) electrons. The molecule has 1 aliphatic rings. The molecule has 118 valence electrons. The number of rotatable bonds is 7. The second-order valence-corrected chi connectivity index (χ2v) is 6.35. The molecule has 21 heavy (non-hydrogen) atoms. The Kier molecular flexibility index (Phi) is 6.68. The summed E-state index contributed by atoms with van der Waals surface area (Å²) in [5.41, 5.74) is 2.32. The van der Waals surface area contributed by atoms with Crippen LogP contribution in [0.1, 0.15) is 50.2 Å². The van der Waals surface area contributed by atoms with Crippen molar-refractivity contribution in [2.45, 2.75) is 64.3 Å². The van der Waals surface area contributed by atoms with Crippen LogP contribution in [-0.4, -0.2) is 35.7 Å². The van der Waals surface area contributed by atoms with Crippen molar-refractivity contribution in [3.63, 3.8) is 0 Å². The third kappa shape index (κ3) is 5.10. The van der Waals surface area contributed by atoms with Gasteiger partial charge in [-0.2, -0.15) is 0 Å². The van der Waals surface area contributed by atoms with Crippen LogP contribution in [0.5, 0.6) is 0 Å². The Bertz CT molecular complexity index is 396. The van der Waals surface area contributed by atoms with Crippen molar-refractivity contribution in [3.05, 3.63) is 35.4 Å². The first-order valence-electron chi connectivity index (χ1n) is 8.35. The van der Waals surface area contributed by atoms with Crippen molar-refractivity contribution in [1.82, 2.24) is 10.2 Å². The van der Waals surface area contributed by atoms with Crippen LogP contribution in [0.25, 0.3) is 0 Å². The van der Waals surface area contributed by atoms with E-state index in [2.05, 4.69) is 36.3 Å². The maximum Gasteiger partial charge on any atom is 0.0681 e. The highest BCUT2D eigenvalue weighted by molar-refractivity contribution is 5.21. The maximum atomic E-state index is 9.08. The van der Waals surface area contributed by atoms with Gasteiger partial charge in [0.05, 0.1) is 6.61 Å². The average Bonchev–Trinajstić information content (AvgIpc) is 2.54. The summed E-state index contributed by atoms with van der Waals surface area (Å²) in [4.78, 5) is 2.49. The third-order valence-electron chi connectivity index (χ3n) is 4.64. The quantitative estimate of drug-likeness (QED) is 0.810. The van der Waals surface area contributed by atoms with Gasteiger partial charge in [0.25, 0.3) is 0 Å². The number of nitrogens with zero attached hydrogens (tertiary/aromatic N) is 1. The number of nitrogens with one attached hydrogen (secondary N) is 1. The molecule has 0 saturated heterocycles. The number of hydrogen-bond donors (Lipinski definition) is 2. The van der Waals surface area contributed by atoms with Crippen molar-refractivity contribution >= 4 is 0 Å². The molecular weight excluding hydrogens is 260 g/mol. The minimum atomic E-state index is 0.130. The van der Waals surface area contributed by atoms with Crippen LogP contribution in [0.4, 0.5) is 0 Å². The lowest BCUT2D eigenvalue weighted by Crippen LogP contribution is -2.40. The van der Waals surface area contributed by atoms with Crippen LogP contribution < -0.4 is 5.32 Å². The molecule has 2 rings (SSSR count). The number of benzene rings is 1. The van der Waals surface area contributed by atoms with Crippen LogP contribution in [0.15, 0.2) is 24.3 Å². The molecule has 0 aliphatic heterocycles. The molecule has 1 aromatic rings. The molecule has 0 unspecified atom stereocenters. The van der Waals surface area contributed by atoms with Gasteiger partial charge < -0.3 is 10.4 Å². The molecule has 2 N–H and O–H groups in total. The standard InChI is InChI=1S/C18H30N2O/c1-3-12-19-17-8-10-18(11-9-17)20(2)13-15-4-6-16(14-21)7-5-15/h4-7,17-19,21H,3,8-14H2,1-2H3. The largest absolute Gasteiger partial charge is 0.392 e. The van der Waals surface area contributed by atoms with Crippen molar-refractivity contribution in [3.8, 4) is 0 Å². The van der Waals surface area contributed by atoms with Gasteiger partial charge in [-0.25, -0.2) is 0 Å². The van der Waals surface area contributed by atoms with Gasteiger partial charge in [0, 0.05) is 18.6 Å². The first-order chi connectivity index (χ1) is 10.2. The van der Waals surface area contributed by atoms with Gasteiger partial charge in [0.2, 0.25) is 0 Å². The van der Waals surface area contributed by atoms with Crippen LogP contribution in [0.2, 0.25) is 0 Å². The molecule has 1 saturated carbocycles. The van der Waals surface area contributed by atoms with Gasteiger partial charge in [-0.05, 0) is 56.8 Å². The molecule has 3 heteroatoms. The summed E-state index contributed by atoms with van der Waals surface area (Å²) in [6.07, 6.45) is 6.43. The lowest BCUT2D eigenvalue weighted by Gasteiger charge is -2.35. The Labute approximate surface area is 129 Å². The normalized spacial score (nSPS) is 22.7. The summed E-state index contributed by atoms with van der Waals surface area (Å²) in [7, 11) is 2.24. The number of aliphatic hydroxyl groups excluding tert-OH is 1. The molecule has 0 spiro atoms. The highest BCUT2D eigenvalue weighted by Gasteiger charge is 2.23. The second kappa shape index (κ2) is 8.52. The first kappa shape index (κ1) is 16.5. The van der Waals surface area contributed by atoms with Crippen molar-refractivity contribution in [2.24, 2.45) is 0 Å². The minimum absolute atomic E-state index is 0.130. The molecule has 0 heterocycles. The molecule has 0 bridgehead atoms. The summed E-state index contributed by atoms with van der Waals surface area (Å²) in [6, 6.07) is 9.76. The Hall–Kier alpha value is -0.900. The monoisotopic (exact) mass is 290 g/mol. The Morgan fingerprint density at radius 3 is 2.29 bits per heavy atom. The summed E-state index contributed by atoms with van der Waals surface area (Å²) < 4.78 is 0. The van der Waals surface area contributed by atoms with Crippen molar-refractivity contribution in [2.75, 3.05) is 13.6 Å². The smallest absolute Gasteiger partial charge is 0.0681 e. The van der Waals surface area contributed by atoms with Crippen LogP contribution in [-0.2, 0) is 13.2 Å². The van der Waals surface area contributed by atoms with Crippen LogP contribution >= 0.6 is 0 Å². The molecule has 3 nitrogen and oxygen atoms in total. The zero-order valence-electron chi connectivity index (χ0n) is 13.5. The lowest BCUT2D eigenvalue weighted by molar-refractivity contribution is 0.168. The van der Waals surface area contributed by atoms with Gasteiger partial charge in [-0.3, -0.25) is 4.90 Å². The van der Waals surface area contributed by atoms with Crippen LogP contribution in [0.3, 0.4) is 0 Å². The predicted molar refractivity (Wildman–Crippen MR) is 88.2 cm³/mol. The molecule has 1 aromatic carbocycles. The SMILES string of the molecule is CCCNC1CCC(N(C)Cc2ccc(CO)cc2)CC1. The van der Waals surface area contributed by atoms with E-state index in [0.29, 0.717) is 6.04 Å². The molecule has 0 aromatic heterocycles. The van der Waals surface area contributed by atoms with E-state index < -0.39 is 0 Å². The molecule has 0 atom stereocenters. The van der Waals surface area contributed by atoms with E-state index in [0.717, 1.165) is 24.7 Å². The molecule has 1 aliphatic carbocycles. The van der Waals surface area contributed by atoms with Crippen LogP contribution in [0, 0.1) is 0 Å². The van der Waals surface area contributed by atoms with Crippen molar-refractivity contribution in [1.29, 1.82) is 0 Å². The van der Waals surface area contributed by atoms with Gasteiger partial charge in [0.1, 0.15) is 0 Å². The minimum Gasteiger partial charge on any atom is -0.392 e. The highest BCUT2D eigenvalue weighted by atomic mass is 16.3. The van der Waals surface area contributed by atoms with E-state index in [9.17, 15) is 0 Å². The zero-order valence-corrected chi connectivity index (χ0v) is 13.5. The fraction of sp³-hybridized carbons (Fsp3) is 0.667. The second-order valence-electron chi connectivity index (χ2n) is 6.35. The Balaban J connectivity index is 1.77. The zero-order chi connectivity index (χ0) is 15.1. The number of aliphatic hydroxyl groups is 1. The topological polar surface area (TPSA) is 35.5 Å². The summed E-state index contributed by atoms with van der Waals surface area (Å²) in [5.74, 6) is 0. The van der Waals surface area contributed by atoms with Gasteiger partial charge in [-0.15, -0.1) is 0 Å². The fourth-order valence-electron chi connectivity index (χ4n) is 3.24. The van der Waals surface area contributed by atoms with E-state index in [4.69, 9.17) is 5.11 Å². The molecule has 1 fully saturated rings. The van der Waals surface area contributed by atoms with E-state index in [1.54, 1.807) is 0 Å². The molecular formula is C18H30N2O. The van der Waals surface area contributed by atoms with E-state index in [1.807, 2.05) is 12.1 Å². The fourth-order valence-corrected chi connectivity index (χ4v) is 3.24. The summed E-state index contributed by atoms with van der Waals surface area (Å²) in [5, 5.41) is 12.7. The number of hydrogen-bond acceptors (Lipinski definition) is 3. The molecule has 0 amide bonds. The highest BCUT2D eigenvalue weighted by Crippen LogP contribution is 2.23. The summed E-state index contributed by atoms with van der Waals surface area (Å²) in [6.45, 7) is 4.52. The first-order valence-corrected chi connectivity index (χ1v) is 8.35. The Morgan fingerprint density at radius 1 is 1.10 bits per heavy atom. The summed E-state index contributed by atoms with van der Waals surface area (Å²) >= 11 is 0. The lowest BCUT2D eigenvalue weighted by atomic mass is 9.90. The average molecular weight is 290 g/mol. The maximum absolute atomic E-state index is 9.08. The van der Waals surface area contributed by atoms with E-state index in [1.165, 1.54) is 37.7 Å². The van der Waals surface area contributed by atoms with E-state index >= 15 is 0 Å².